The van der Waals surface area contributed by atoms with E-state index in [4.69, 9.17) is 4.42 Å². The summed E-state index contributed by atoms with van der Waals surface area (Å²) < 4.78 is 19.6. The number of hydrogen-bond donors (Lipinski definition) is 1. The molecule has 1 N–H and O–H groups in total. The number of alkyl halides is 1. The third-order valence-corrected chi connectivity index (χ3v) is 3.17. The average Bonchev–Trinajstić information content (AvgIpc) is 2.97. The molecule has 2 aromatic rings. The zero-order valence-corrected chi connectivity index (χ0v) is 8.95. The zero-order chi connectivity index (χ0) is 11.0. The van der Waals surface area contributed by atoms with E-state index in [1.807, 2.05) is 24.3 Å². The highest BCUT2D eigenvalue weighted by Gasteiger charge is 2.28. The zero-order valence-electron chi connectivity index (χ0n) is 8.95. The summed E-state index contributed by atoms with van der Waals surface area (Å²) in [5.74, 6) is 0.445. The Morgan fingerprint density at radius 2 is 2.25 bits per heavy atom. The second kappa shape index (κ2) is 3.91. The van der Waals surface area contributed by atoms with Gasteiger partial charge in [0.25, 0.3) is 0 Å². The molecule has 1 aliphatic rings. The first-order valence-corrected chi connectivity index (χ1v) is 5.70. The Morgan fingerprint density at radius 3 is 3.00 bits per heavy atom. The maximum absolute atomic E-state index is 14.1. The third-order valence-electron chi connectivity index (χ3n) is 3.17. The third kappa shape index (κ3) is 1.61. The molecule has 0 amide bonds. The summed E-state index contributed by atoms with van der Waals surface area (Å²) >= 11 is 0. The first-order chi connectivity index (χ1) is 7.84. The lowest BCUT2D eigenvalue weighted by atomic mass is 10.1. The highest BCUT2D eigenvalue weighted by molar-refractivity contribution is 5.77. The van der Waals surface area contributed by atoms with Gasteiger partial charge in [-0.2, -0.15) is 0 Å². The maximum atomic E-state index is 14.1. The molecule has 1 fully saturated rings. The predicted molar refractivity (Wildman–Crippen MR) is 61.1 cm³/mol. The molecule has 0 aliphatic carbocycles. The van der Waals surface area contributed by atoms with Gasteiger partial charge in [0.1, 0.15) is 11.3 Å². The molecule has 2 unspecified atom stereocenters. The van der Waals surface area contributed by atoms with Crippen molar-refractivity contribution in [1.29, 1.82) is 0 Å². The van der Waals surface area contributed by atoms with Crippen molar-refractivity contribution in [2.24, 2.45) is 0 Å². The quantitative estimate of drug-likeness (QED) is 0.839. The molecule has 84 valence electrons. The minimum absolute atomic E-state index is 0.0828. The number of rotatable bonds is 2. The average molecular weight is 219 g/mol. The van der Waals surface area contributed by atoms with E-state index >= 15 is 0 Å². The van der Waals surface area contributed by atoms with Crippen LogP contribution in [0.15, 0.2) is 34.7 Å². The Morgan fingerprint density at radius 1 is 1.38 bits per heavy atom. The van der Waals surface area contributed by atoms with E-state index in [1.165, 1.54) is 0 Å². The van der Waals surface area contributed by atoms with Gasteiger partial charge in [0.2, 0.25) is 0 Å². The van der Waals surface area contributed by atoms with E-state index in [0.29, 0.717) is 5.76 Å². The number of nitrogens with one attached hydrogen (secondary N) is 1. The molecule has 0 bridgehead atoms. The molecule has 2 heterocycles. The molecule has 1 aromatic heterocycles. The SMILES string of the molecule is FC(c1cc2ccccc2o1)C1CCCN1. The van der Waals surface area contributed by atoms with Crippen LogP contribution < -0.4 is 5.32 Å². The van der Waals surface area contributed by atoms with Crippen LogP contribution in [0.1, 0.15) is 24.8 Å². The van der Waals surface area contributed by atoms with Crippen LogP contribution in [0.4, 0.5) is 4.39 Å². The van der Waals surface area contributed by atoms with Crippen LogP contribution in [-0.4, -0.2) is 12.6 Å². The largest absolute Gasteiger partial charge is 0.458 e. The van der Waals surface area contributed by atoms with Gasteiger partial charge in [0.05, 0.1) is 0 Å². The standard InChI is InChI=1S/C13H14FNO/c14-13(10-5-3-7-15-10)12-8-9-4-1-2-6-11(9)16-12/h1-2,4,6,8,10,13,15H,3,5,7H2. The predicted octanol–water partition coefficient (Wildman–Crippen LogP) is 3.20. The van der Waals surface area contributed by atoms with Gasteiger partial charge in [-0.05, 0) is 31.5 Å². The summed E-state index contributed by atoms with van der Waals surface area (Å²) in [6, 6.07) is 9.37. The Kier molecular flexibility index (Phi) is 2.40. The molecule has 16 heavy (non-hydrogen) atoms. The molecule has 1 aromatic carbocycles. The Balaban J connectivity index is 1.92. The smallest absolute Gasteiger partial charge is 0.173 e. The normalized spacial score (nSPS) is 22.7. The lowest BCUT2D eigenvalue weighted by Gasteiger charge is -2.12. The number of hydrogen-bond acceptors (Lipinski definition) is 2. The van der Waals surface area contributed by atoms with Crippen molar-refractivity contribution in [3.8, 4) is 0 Å². The van der Waals surface area contributed by atoms with Gasteiger partial charge < -0.3 is 9.73 Å². The Bertz CT molecular complexity index is 454. The lowest BCUT2D eigenvalue weighted by Crippen LogP contribution is -2.26. The fourth-order valence-electron chi connectivity index (χ4n) is 2.30. The summed E-state index contributed by atoms with van der Waals surface area (Å²) in [6.45, 7) is 0.908. The van der Waals surface area contributed by atoms with Crippen molar-refractivity contribution < 1.29 is 8.81 Å². The summed E-state index contributed by atoms with van der Waals surface area (Å²) in [4.78, 5) is 0. The van der Waals surface area contributed by atoms with Gasteiger partial charge in [0.15, 0.2) is 6.17 Å². The van der Waals surface area contributed by atoms with Crippen molar-refractivity contribution in [3.63, 3.8) is 0 Å². The van der Waals surface area contributed by atoms with Gasteiger partial charge in [-0.15, -0.1) is 0 Å². The second-order valence-electron chi connectivity index (χ2n) is 4.29. The number of halogens is 1. The van der Waals surface area contributed by atoms with Gasteiger partial charge in [-0.3, -0.25) is 0 Å². The minimum atomic E-state index is -1.03. The van der Waals surface area contributed by atoms with E-state index in [-0.39, 0.29) is 6.04 Å². The van der Waals surface area contributed by atoms with Gasteiger partial charge in [-0.1, -0.05) is 18.2 Å². The lowest BCUT2D eigenvalue weighted by molar-refractivity contribution is 0.234. The molecular formula is C13H14FNO. The minimum Gasteiger partial charge on any atom is -0.458 e. The number of furan rings is 1. The number of benzene rings is 1. The number of para-hydroxylation sites is 1. The van der Waals surface area contributed by atoms with E-state index in [9.17, 15) is 4.39 Å². The summed E-state index contributed by atoms with van der Waals surface area (Å²) in [6.07, 6.45) is 0.902. The first kappa shape index (κ1) is 9.85. The maximum Gasteiger partial charge on any atom is 0.173 e. The molecule has 3 heteroatoms. The van der Waals surface area contributed by atoms with E-state index in [1.54, 1.807) is 6.07 Å². The van der Waals surface area contributed by atoms with E-state index < -0.39 is 6.17 Å². The molecule has 0 saturated carbocycles. The van der Waals surface area contributed by atoms with E-state index in [2.05, 4.69) is 5.32 Å². The van der Waals surface area contributed by atoms with Crippen molar-refractivity contribution in [1.82, 2.24) is 5.32 Å². The van der Waals surface area contributed by atoms with Crippen molar-refractivity contribution in [2.75, 3.05) is 6.54 Å². The summed E-state index contributed by atoms with van der Waals surface area (Å²) in [7, 11) is 0. The fourth-order valence-corrected chi connectivity index (χ4v) is 2.30. The molecule has 1 saturated heterocycles. The van der Waals surface area contributed by atoms with Gasteiger partial charge in [0, 0.05) is 11.4 Å². The summed E-state index contributed by atoms with van der Waals surface area (Å²) in [5, 5.41) is 4.13. The number of fused-ring (bicyclic) bond motifs is 1. The topological polar surface area (TPSA) is 25.2 Å². The first-order valence-electron chi connectivity index (χ1n) is 5.70. The van der Waals surface area contributed by atoms with Crippen LogP contribution in [-0.2, 0) is 0 Å². The van der Waals surface area contributed by atoms with Crippen molar-refractivity contribution in [3.05, 3.63) is 36.1 Å². The summed E-state index contributed by atoms with van der Waals surface area (Å²) in [5.41, 5.74) is 0.762. The van der Waals surface area contributed by atoms with Crippen molar-refractivity contribution >= 4 is 11.0 Å². The molecular weight excluding hydrogens is 205 g/mol. The molecule has 0 radical (unpaired) electrons. The Labute approximate surface area is 93.4 Å². The van der Waals surface area contributed by atoms with E-state index in [0.717, 1.165) is 30.4 Å². The van der Waals surface area contributed by atoms with Crippen LogP contribution >= 0.6 is 0 Å². The Hall–Kier alpha value is -1.35. The highest BCUT2D eigenvalue weighted by atomic mass is 19.1. The molecule has 0 spiro atoms. The molecule has 2 nitrogen and oxygen atoms in total. The molecule has 1 aliphatic heterocycles. The second-order valence-corrected chi connectivity index (χ2v) is 4.29. The van der Waals surface area contributed by atoms with Gasteiger partial charge >= 0.3 is 0 Å². The van der Waals surface area contributed by atoms with Crippen LogP contribution in [0.3, 0.4) is 0 Å². The fraction of sp³-hybridized carbons (Fsp3) is 0.385. The molecule has 3 rings (SSSR count). The monoisotopic (exact) mass is 219 g/mol. The van der Waals surface area contributed by atoms with Crippen LogP contribution in [0.2, 0.25) is 0 Å². The van der Waals surface area contributed by atoms with Gasteiger partial charge in [-0.25, -0.2) is 4.39 Å². The van der Waals surface area contributed by atoms with Crippen molar-refractivity contribution in [2.45, 2.75) is 25.1 Å². The van der Waals surface area contributed by atoms with Crippen LogP contribution in [0.5, 0.6) is 0 Å². The molecule has 2 atom stereocenters. The van der Waals surface area contributed by atoms with Crippen LogP contribution in [0, 0.1) is 0 Å². The highest BCUT2D eigenvalue weighted by Crippen LogP contribution is 2.31. The van der Waals surface area contributed by atoms with Crippen LogP contribution in [0.25, 0.3) is 11.0 Å².